The molecule has 2 rings (SSSR count). The van der Waals surface area contributed by atoms with E-state index in [1.807, 2.05) is 13.1 Å². The van der Waals surface area contributed by atoms with Gasteiger partial charge >= 0.3 is 0 Å². The van der Waals surface area contributed by atoms with Gasteiger partial charge in [0.15, 0.2) is 0 Å². The number of hydrogen-bond acceptors (Lipinski definition) is 4. The predicted octanol–water partition coefficient (Wildman–Crippen LogP) is 3.87. The molecule has 1 aromatic carbocycles. The average molecular weight is 290 g/mol. The fourth-order valence-electron chi connectivity index (χ4n) is 2.25. The van der Waals surface area contributed by atoms with Crippen LogP contribution in [0.2, 0.25) is 0 Å². The molecule has 0 spiro atoms. The topological polar surface area (TPSA) is 34.2 Å². The zero-order chi connectivity index (χ0) is 14.5. The number of benzene rings is 1. The molecule has 0 saturated carbocycles. The van der Waals surface area contributed by atoms with E-state index in [0.29, 0.717) is 5.92 Å². The van der Waals surface area contributed by atoms with E-state index >= 15 is 0 Å². The summed E-state index contributed by atoms with van der Waals surface area (Å²) in [7, 11) is 3.70. The molecule has 0 fully saturated rings. The lowest BCUT2D eigenvalue weighted by atomic mass is 10.1. The summed E-state index contributed by atoms with van der Waals surface area (Å²) in [5.41, 5.74) is 2.32. The number of methoxy groups -OCH3 is 1. The highest BCUT2D eigenvalue weighted by atomic mass is 32.1. The normalized spacial score (nSPS) is 12.8. The monoisotopic (exact) mass is 290 g/mol. The summed E-state index contributed by atoms with van der Waals surface area (Å²) in [5, 5.41) is 4.26. The third-order valence-corrected chi connectivity index (χ3v) is 4.41. The molecule has 0 aliphatic rings. The highest BCUT2D eigenvalue weighted by Crippen LogP contribution is 2.36. The maximum atomic E-state index is 5.61. The molecule has 1 heterocycles. The first-order valence-electron chi connectivity index (χ1n) is 6.89. The Morgan fingerprint density at radius 2 is 1.95 bits per heavy atom. The quantitative estimate of drug-likeness (QED) is 0.877. The number of rotatable bonds is 6. The van der Waals surface area contributed by atoms with Crippen molar-refractivity contribution in [3.05, 3.63) is 41.0 Å². The van der Waals surface area contributed by atoms with Crippen LogP contribution in [-0.4, -0.2) is 19.1 Å². The number of aromatic nitrogens is 1. The Morgan fingerprint density at radius 1 is 1.25 bits per heavy atom. The van der Waals surface area contributed by atoms with E-state index in [2.05, 4.69) is 43.4 Å². The van der Waals surface area contributed by atoms with Gasteiger partial charge in [-0.05, 0) is 18.5 Å². The van der Waals surface area contributed by atoms with Crippen LogP contribution in [0.5, 0.6) is 0 Å². The fourth-order valence-corrected chi connectivity index (χ4v) is 3.59. The molecule has 4 heteroatoms. The summed E-state index contributed by atoms with van der Waals surface area (Å²) in [6, 6.07) is 10.4. The van der Waals surface area contributed by atoms with Gasteiger partial charge in [0, 0.05) is 13.7 Å². The molecule has 1 unspecified atom stereocenters. The van der Waals surface area contributed by atoms with Crippen molar-refractivity contribution in [1.29, 1.82) is 0 Å². The van der Waals surface area contributed by atoms with Gasteiger partial charge in [-0.3, -0.25) is 0 Å². The van der Waals surface area contributed by atoms with Gasteiger partial charge in [-0.2, -0.15) is 0 Å². The highest BCUT2D eigenvalue weighted by molar-refractivity contribution is 7.15. The van der Waals surface area contributed by atoms with E-state index in [0.717, 1.165) is 17.2 Å². The summed E-state index contributed by atoms with van der Waals surface area (Å²) < 4.78 is 5.61. The van der Waals surface area contributed by atoms with E-state index < -0.39 is 0 Å². The molecule has 0 aliphatic heterocycles. The van der Waals surface area contributed by atoms with E-state index in [9.17, 15) is 0 Å². The van der Waals surface area contributed by atoms with Crippen molar-refractivity contribution in [2.24, 2.45) is 5.92 Å². The van der Waals surface area contributed by atoms with Crippen LogP contribution in [-0.2, 0) is 11.3 Å². The van der Waals surface area contributed by atoms with Gasteiger partial charge in [0.25, 0.3) is 0 Å². The van der Waals surface area contributed by atoms with Crippen LogP contribution < -0.4 is 5.32 Å². The first kappa shape index (κ1) is 15.2. The minimum Gasteiger partial charge on any atom is -0.374 e. The van der Waals surface area contributed by atoms with Crippen molar-refractivity contribution >= 4 is 11.3 Å². The summed E-state index contributed by atoms with van der Waals surface area (Å²) in [6.45, 7) is 5.10. The molecule has 3 nitrogen and oxygen atoms in total. The molecule has 1 atom stereocenters. The number of hydrogen-bond donors (Lipinski definition) is 1. The largest absolute Gasteiger partial charge is 0.374 e. The van der Waals surface area contributed by atoms with Gasteiger partial charge in [0.05, 0.1) is 10.6 Å². The second kappa shape index (κ2) is 6.97. The Bertz CT molecular complexity index is 537. The zero-order valence-electron chi connectivity index (χ0n) is 12.5. The van der Waals surface area contributed by atoms with Gasteiger partial charge in [0.1, 0.15) is 11.1 Å². The van der Waals surface area contributed by atoms with Crippen LogP contribution >= 0.6 is 11.3 Å². The Balaban J connectivity index is 2.43. The first-order valence-corrected chi connectivity index (χ1v) is 7.71. The Hall–Kier alpha value is -1.23. The van der Waals surface area contributed by atoms with Gasteiger partial charge in [-0.25, -0.2) is 4.98 Å². The van der Waals surface area contributed by atoms with Crippen LogP contribution in [0.1, 0.15) is 30.7 Å². The second-order valence-electron chi connectivity index (χ2n) is 5.12. The zero-order valence-corrected chi connectivity index (χ0v) is 13.3. The molecule has 0 amide bonds. The van der Waals surface area contributed by atoms with Crippen molar-refractivity contribution in [2.75, 3.05) is 14.2 Å². The number of nitrogens with one attached hydrogen (secondary N) is 1. The smallest absolute Gasteiger partial charge is 0.123 e. The van der Waals surface area contributed by atoms with Gasteiger partial charge < -0.3 is 10.1 Å². The number of thiazole rings is 1. The van der Waals surface area contributed by atoms with Crippen molar-refractivity contribution in [1.82, 2.24) is 10.3 Å². The molecule has 1 aromatic heterocycles. The third-order valence-electron chi connectivity index (χ3n) is 3.20. The number of ether oxygens (including phenoxy) is 1. The van der Waals surface area contributed by atoms with Crippen molar-refractivity contribution in [3.8, 4) is 10.4 Å². The molecule has 20 heavy (non-hydrogen) atoms. The van der Waals surface area contributed by atoms with E-state index in [-0.39, 0.29) is 6.10 Å². The standard InChI is InChI=1S/C16H22N2OS/c1-11(2)14(19-4)16-18-13(10-17-3)15(20-16)12-8-6-5-7-9-12/h5-9,11,14,17H,10H2,1-4H3. The van der Waals surface area contributed by atoms with Gasteiger partial charge in [-0.1, -0.05) is 44.2 Å². The molecule has 1 N–H and O–H groups in total. The van der Waals surface area contributed by atoms with Crippen LogP contribution in [0.3, 0.4) is 0 Å². The first-order chi connectivity index (χ1) is 9.67. The molecular weight excluding hydrogens is 268 g/mol. The molecular formula is C16H22N2OS. The molecule has 0 radical (unpaired) electrons. The van der Waals surface area contributed by atoms with Crippen molar-refractivity contribution in [2.45, 2.75) is 26.5 Å². The van der Waals surface area contributed by atoms with E-state index in [4.69, 9.17) is 9.72 Å². The molecule has 2 aromatic rings. The molecule has 0 aliphatic carbocycles. The summed E-state index contributed by atoms with van der Waals surface area (Å²) in [6.07, 6.45) is 0.0630. The van der Waals surface area contributed by atoms with Crippen LogP contribution in [0.25, 0.3) is 10.4 Å². The van der Waals surface area contributed by atoms with Gasteiger partial charge in [-0.15, -0.1) is 11.3 Å². The Kier molecular flexibility index (Phi) is 5.29. The lowest BCUT2D eigenvalue weighted by Crippen LogP contribution is -2.10. The second-order valence-corrected chi connectivity index (χ2v) is 6.16. The minimum atomic E-state index is 0.0630. The van der Waals surface area contributed by atoms with Crippen LogP contribution in [0.15, 0.2) is 30.3 Å². The minimum absolute atomic E-state index is 0.0630. The Labute approximate surface area is 125 Å². The molecule has 108 valence electrons. The van der Waals surface area contributed by atoms with Gasteiger partial charge in [0.2, 0.25) is 0 Å². The van der Waals surface area contributed by atoms with E-state index in [1.165, 1.54) is 10.4 Å². The highest BCUT2D eigenvalue weighted by Gasteiger charge is 2.22. The average Bonchev–Trinajstić information content (AvgIpc) is 2.84. The van der Waals surface area contributed by atoms with Crippen molar-refractivity contribution in [3.63, 3.8) is 0 Å². The summed E-state index contributed by atoms with van der Waals surface area (Å²) in [4.78, 5) is 6.03. The number of nitrogens with zero attached hydrogens (tertiary/aromatic N) is 1. The fraction of sp³-hybridized carbons (Fsp3) is 0.438. The summed E-state index contributed by atoms with van der Waals surface area (Å²) >= 11 is 1.74. The van der Waals surface area contributed by atoms with E-state index in [1.54, 1.807) is 18.4 Å². The van der Waals surface area contributed by atoms with Crippen LogP contribution in [0.4, 0.5) is 0 Å². The molecule has 0 saturated heterocycles. The lowest BCUT2D eigenvalue weighted by Gasteiger charge is -2.16. The summed E-state index contributed by atoms with van der Waals surface area (Å²) in [5.74, 6) is 0.414. The van der Waals surface area contributed by atoms with Crippen molar-refractivity contribution < 1.29 is 4.74 Å². The maximum absolute atomic E-state index is 5.61. The lowest BCUT2D eigenvalue weighted by molar-refractivity contribution is 0.0643. The maximum Gasteiger partial charge on any atom is 0.123 e. The SMILES string of the molecule is CNCc1nc(C(OC)C(C)C)sc1-c1ccccc1. The Morgan fingerprint density at radius 3 is 2.50 bits per heavy atom. The third kappa shape index (κ3) is 3.26. The van der Waals surface area contributed by atoms with Crippen LogP contribution in [0, 0.1) is 5.92 Å². The predicted molar refractivity (Wildman–Crippen MR) is 84.9 cm³/mol. The molecule has 0 bridgehead atoms.